The van der Waals surface area contributed by atoms with Gasteiger partial charge in [0.1, 0.15) is 19.1 Å². The Kier molecular flexibility index (Phi) is 6.81. The summed E-state index contributed by atoms with van der Waals surface area (Å²) in [6, 6.07) is 13.2. The topological polar surface area (TPSA) is 37.7 Å². The van der Waals surface area contributed by atoms with Crippen molar-refractivity contribution in [2.45, 2.75) is 19.4 Å². The third-order valence-corrected chi connectivity index (χ3v) is 5.83. The number of hydrogen-bond donors (Lipinski definition) is 3. The van der Waals surface area contributed by atoms with Crippen molar-refractivity contribution in [3.63, 3.8) is 0 Å². The number of rotatable bonds is 6. The summed E-state index contributed by atoms with van der Waals surface area (Å²) in [5.41, 5.74) is 2.36. The van der Waals surface area contributed by atoms with Gasteiger partial charge in [-0.3, -0.25) is 0 Å². The average molecular weight is 377 g/mol. The number of thiocarbonyl (C=S) groups is 1. The monoisotopic (exact) mass is 376 g/mol. The highest BCUT2D eigenvalue weighted by molar-refractivity contribution is 7.80. The summed E-state index contributed by atoms with van der Waals surface area (Å²) in [6.45, 7) is 6.75. The van der Waals surface area contributed by atoms with E-state index < -0.39 is 0 Å². The molecular weight excluding hydrogens is 350 g/mol. The van der Waals surface area contributed by atoms with Crippen LogP contribution in [0.4, 0.5) is 5.69 Å². The van der Waals surface area contributed by atoms with Gasteiger partial charge < -0.3 is 20.3 Å². The quantitative estimate of drug-likeness (QED) is 0.676. The summed E-state index contributed by atoms with van der Waals surface area (Å²) in [6.07, 6.45) is 1.05. The zero-order chi connectivity index (χ0) is 17.5. The molecule has 1 fully saturated rings. The molecule has 4 nitrogen and oxygen atoms in total. The lowest BCUT2D eigenvalue weighted by Crippen LogP contribution is -3.15. The van der Waals surface area contributed by atoms with Crippen LogP contribution in [0.2, 0.25) is 0 Å². The summed E-state index contributed by atoms with van der Waals surface area (Å²) in [5, 5.41) is 9.52. The molecular formula is C19H26N3OS2+. The molecule has 1 atom stereocenters. The zero-order valence-electron chi connectivity index (χ0n) is 14.6. The fourth-order valence-electron chi connectivity index (χ4n) is 3.11. The van der Waals surface area contributed by atoms with Crippen LogP contribution in [0.25, 0.3) is 0 Å². The first-order valence-corrected chi connectivity index (χ1v) is 10.1. The van der Waals surface area contributed by atoms with Crippen molar-refractivity contribution in [1.82, 2.24) is 5.32 Å². The Morgan fingerprint density at radius 2 is 2.00 bits per heavy atom. The van der Waals surface area contributed by atoms with E-state index in [0.29, 0.717) is 11.2 Å². The molecule has 0 aliphatic carbocycles. The molecule has 0 saturated carbocycles. The number of hydrogen-bond acceptors (Lipinski definition) is 3. The standard InChI is InChI=1S/C19H25N3OS2/c1-2-15-5-7-16(8-6-15)21-19(24)20-14-17(18-4-3-13-25-18)22-9-11-23-12-10-22/h3-8,13,17H,2,9-12,14H2,1H3,(H2,20,21,24)/p+1/t17-/m1/s1. The Labute approximate surface area is 159 Å². The highest BCUT2D eigenvalue weighted by Crippen LogP contribution is 2.16. The first-order valence-electron chi connectivity index (χ1n) is 8.85. The second-order valence-electron chi connectivity index (χ2n) is 6.22. The second kappa shape index (κ2) is 9.29. The fourth-order valence-corrected chi connectivity index (χ4v) is 4.20. The zero-order valence-corrected chi connectivity index (χ0v) is 16.2. The van der Waals surface area contributed by atoms with E-state index >= 15 is 0 Å². The van der Waals surface area contributed by atoms with Crippen LogP contribution >= 0.6 is 23.6 Å². The van der Waals surface area contributed by atoms with Crippen molar-refractivity contribution in [2.75, 3.05) is 38.2 Å². The molecule has 1 aromatic heterocycles. The molecule has 1 aliphatic rings. The van der Waals surface area contributed by atoms with Crippen molar-refractivity contribution < 1.29 is 9.64 Å². The predicted octanol–water partition coefficient (Wildman–Crippen LogP) is 2.25. The van der Waals surface area contributed by atoms with Crippen molar-refractivity contribution in [3.8, 4) is 0 Å². The molecule has 134 valence electrons. The van der Waals surface area contributed by atoms with Crippen molar-refractivity contribution in [3.05, 3.63) is 52.2 Å². The SMILES string of the molecule is CCc1ccc(NC(=S)NC[C@H](c2cccs2)[NH+]2CCOCC2)cc1. The molecule has 3 rings (SSSR count). The van der Waals surface area contributed by atoms with Gasteiger partial charge >= 0.3 is 0 Å². The minimum Gasteiger partial charge on any atom is -0.370 e. The molecule has 0 unspecified atom stereocenters. The largest absolute Gasteiger partial charge is 0.370 e. The maximum Gasteiger partial charge on any atom is 0.171 e. The van der Waals surface area contributed by atoms with E-state index in [0.717, 1.165) is 45.0 Å². The van der Waals surface area contributed by atoms with Crippen LogP contribution in [0.5, 0.6) is 0 Å². The lowest BCUT2D eigenvalue weighted by atomic mass is 10.1. The maximum absolute atomic E-state index is 5.51. The average Bonchev–Trinajstić information content (AvgIpc) is 3.18. The summed E-state index contributed by atoms with van der Waals surface area (Å²) in [4.78, 5) is 2.97. The lowest BCUT2D eigenvalue weighted by molar-refractivity contribution is -0.937. The first kappa shape index (κ1) is 18.3. The van der Waals surface area contributed by atoms with Crippen molar-refractivity contribution in [1.29, 1.82) is 0 Å². The van der Waals surface area contributed by atoms with E-state index in [9.17, 15) is 0 Å². The molecule has 1 aromatic carbocycles. The predicted molar refractivity (Wildman–Crippen MR) is 109 cm³/mol. The van der Waals surface area contributed by atoms with Gasteiger partial charge in [-0.15, -0.1) is 11.3 Å². The molecule has 1 aliphatic heterocycles. The molecule has 0 spiro atoms. The Bertz CT molecular complexity index is 652. The maximum atomic E-state index is 5.51. The van der Waals surface area contributed by atoms with Crippen LogP contribution in [-0.4, -0.2) is 38.0 Å². The Morgan fingerprint density at radius 1 is 1.24 bits per heavy atom. The van der Waals surface area contributed by atoms with E-state index in [1.54, 1.807) is 4.90 Å². The summed E-state index contributed by atoms with van der Waals surface area (Å²) in [5.74, 6) is 0. The number of anilines is 1. The van der Waals surface area contributed by atoms with Crippen LogP contribution in [0, 0.1) is 0 Å². The summed E-state index contributed by atoms with van der Waals surface area (Å²) in [7, 11) is 0. The number of quaternary nitrogens is 1. The van der Waals surface area contributed by atoms with Gasteiger partial charge in [0.25, 0.3) is 0 Å². The molecule has 0 bridgehead atoms. The molecule has 3 N–H and O–H groups in total. The molecule has 0 amide bonds. The molecule has 1 saturated heterocycles. The van der Waals surface area contributed by atoms with Gasteiger partial charge in [-0.05, 0) is 47.8 Å². The fraction of sp³-hybridized carbons (Fsp3) is 0.421. The van der Waals surface area contributed by atoms with Crippen LogP contribution in [0.3, 0.4) is 0 Å². The lowest BCUT2D eigenvalue weighted by Gasteiger charge is -2.31. The highest BCUT2D eigenvalue weighted by Gasteiger charge is 2.27. The molecule has 6 heteroatoms. The Morgan fingerprint density at radius 3 is 2.64 bits per heavy atom. The third-order valence-electron chi connectivity index (χ3n) is 4.60. The van der Waals surface area contributed by atoms with E-state index in [1.165, 1.54) is 10.4 Å². The molecule has 2 heterocycles. The van der Waals surface area contributed by atoms with E-state index in [-0.39, 0.29) is 0 Å². The normalized spacial score (nSPS) is 16.4. The van der Waals surface area contributed by atoms with E-state index in [2.05, 4.69) is 59.3 Å². The third kappa shape index (κ3) is 5.25. The highest BCUT2D eigenvalue weighted by atomic mass is 32.1. The smallest absolute Gasteiger partial charge is 0.171 e. The molecule has 0 radical (unpaired) electrons. The first-order chi connectivity index (χ1) is 12.3. The van der Waals surface area contributed by atoms with Crippen LogP contribution in [0.1, 0.15) is 23.4 Å². The van der Waals surface area contributed by atoms with E-state index in [4.69, 9.17) is 17.0 Å². The number of ether oxygens (including phenoxy) is 1. The van der Waals surface area contributed by atoms with Crippen molar-refractivity contribution >= 4 is 34.4 Å². The van der Waals surface area contributed by atoms with E-state index in [1.807, 2.05) is 11.3 Å². The Hall–Kier alpha value is -1.47. The number of aryl methyl sites for hydroxylation is 1. The van der Waals surface area contributed by atoms with Crippen LogP contribution < -0.4 is 15.5 Å². The van der Waals surface area contributed by atoms with Gasteiger partial charge in [-0.1, -0.05) is 25.1 Å². The second-order valence-corrected chi connectivity index (χ2v) is 7.61. The minimum absolute atomic E-state index is 0.408. The summed E-state index contributed by atoms with van der Waals surface area (Å²) >= 11 is 7.31. The number of thiophene rings is 1. The van der Waals surface area contributed by atoms with Gasteiger partial charge in [0.15, 0.2) is 5.11 Å². The molecule has 2 aromatic rings. The minimum atomic E-state index is 0.408. The van der Waals surface area contributed by atoms with Crippen LogP contribution in [0.15, 0.2) is 41.8 Å². The molecule has 25 heavy (non-hydrogen) atoms. The van der Waals surface area contributed by atoms with Crippen molar-refractivity contribution in [2.24, 2.45) is 0 Å². The number of morpholine rings is 1. The van der Waals surface area contributed by atoms with Crippen LogP contribution in [-0.2, 0) is 11.2 Å². The van der Waals surface area contributed by atoms with Gasteiger partial charge in [-0.25, -0.2) is 0 Å². The van der Waals surface area contributed by atoms with Gasteiger partial charge in [0, 0.05) is 5.69 Å². The summed E-state index contributed by atoms with van der Waals surface area (Å²) < 4.78 is 5.51. The van der Waals surface area contributed by atoms with Gasteiger partial charge in [-0.2, -0.15) is 0 Å². The Balaban J connectivity index is 1.57. The number of nitrogens with one attached hydrogen (secondary N) is 3. The van der Waals surface area contributed by atoms with Gasteiger partial charge in [0.05, 0.1) is 24.6 Å². The van der Waals surface area contributed by atoms with Gasteiger partial charge in [0.2, 0.25) is 0 Å². The number of benzene rings is 1.